The van der Waals surface area contributed by atoms with Gasteiger partial charge in [-0.25, -0.2) is 4.98 Å². The SMILES string of the molecule is Cc1ccnc(NC(C)c2nncn2C)c1C(N)=S. The molecular weight excluding hydrogens is 260 g/mol. The Kier molecular flexibility index (Phi) is 3.75. The molecule has 0 saturated carbocycles. The van der Waals surface area contributed by atoms with Crippen molar-refractivity contribution in [3.8, 4) is 0 Å². The van der Waals surface area contributed by atoms with Crippen LogP contribution < -0.4 is 11.1 Å². The molecule has 2 rings (SSSR count). The molecule has 100 valence electrons. The molecule has 0 aliphatic rings. The summed E-state index contributed by atoms with van der Waals surface area (Å²) in [7, 11) is 1.89. The molecule has 3 N–H and O–H groups in total. The predicted octanol–water partition coefficient (Wildman–Crippen LogP) is 1.33. The quantitative estimate of drug-likeness (QED) is 0.820. The molecule has 2 aromatic heterocycles. The van der Waals surface area contributed by atoms with Gasteiger partial charge in [-0.15, -0.1) is 10.2 Å². The Labute approximate surface area is 117 Å². The predicted molar refractivity (Wildman–Crippen MR) is 77.9 cm³/mol. The van der Waals surface area contributed by atoms with Crippen LogP contribution in [0.4, 0.5) is 5.82 Å². The molecule has 0 spiro atoms. The molecule has 2 heterocycles. The number of anilines is 1. The van der Waals surface area contributed by atoms with Gasteiger partial charge in [-0.3, -0.25) is 0 Å². The summed E-state index contributed by atoms with van der Waals surface area (Å²) < 4.78 is 1.86. The lowest BCUT2D eigenvalue weighted by Gasteiger charge is -2.17. The maximum atomic E-state index is 5.76. The van der Waals surface area contributed by atoms with Crippen LogP contribution in [0.2, 0.25) is 0 Å². The molecule has 0 saturated heterocycles. The third kappa shape index (κ3) is 2.70. The smallest absolute Gasteiger partial charge is 0.154 e. The van der Waals surface area contributed by atoms with Crippen LogP contribution in [0, 0.1) is 6.92 Å². The molecular formula is C12H16N6S. The van der Waals surface area contributed by atoms with Crippen molar-refractivity contribution in [1.82, 2.24) is 19.7 Å². The average Bonchev–Trinajstić information content (AvgIpc) is 2.75. The lowest BCUT2D eigenvalue weighted by atomic mass is 10.1. The minimum absolute atomic E-state index is 0.0464. The van der Waals surface area contributed by atoms with Crippen molar-refractivity contribution in [2.75, 3.05) is 5.32 Å². The van der Waals surface area contributed by atoms with Gasteiger partial charge in [0.05, 0.1) is 11.6 Å². The van der Waals surface area contributed by atoms with E-state index in [-0.39, 0.29) is 6.04 Å². The maximum Gasteiger partial charge on any atom is 0.154 e. The molecule has 0 aliphatic heterocycles. The topological polar surface area (TPSA) is 81.7 Å². The molecule has 0 bridgehead atoms. The second-order valence-electron chi connectivity index (χ2n) is 4.38. The van der Waals surface area contributed by atoms with Crippen LogP contribution in [0.25, 0.3) is 0 Å². The molecule has 1 unspecified atom stereocenters. The largest absolute Gasteiger partial charge is 0.389 e. The number of hydrogen-bond donors (Lipinski definition) is 2. The van der Waals surface area contributed by atoms with E-state index >= 15 is 0 Å². The molecule has 2 aromatic rings. The van der Waals surface area contributed by atoms with Crippen molar-refractivity contribution in [2.45, 2.75) is 19.9 Å². The minimum atomic E-state index is -0.0464. The fraction of sp³-hybridized carbons (Fsp3) is 0.333. The summed E-state index contributed by atoms with van der Waals surface area (Å²) in [6.07, 6.45) is 3.38. The number of hydrogen-bond acceptors (Lipinski definition) is 5. The van der Waals surface area contributed by atoms with Gasteiger partial charge >= 0.3 is 0 Å². The molecule has 6 nitrogen and oxygen atoms in total. The number of pyridine rings is 1. The van der Waals surface area contributed by atoms with Crippen LogP contribution >= 0.6 is 12.2 Å². The van der Waals surface area contributed by atoms with Gasteiger partial charge in [0.15, 0.2) is 5.82 Å². The Morgan fingerprint density at radius 3 is 2.84 bits per heavy atom. The summed E-state index contributed by atoms with van der Waals surface area (Å²) in [5.74, 6) is 1.49. The van der Waals surface area contributed by atoms with Crippen LogP contribution in [0.3, 0.4) is 0 Å². The molecule has 0 amide bonds. The van der Waals surface area contributed by atoms with E-state index in [1.165, 1.54) is 0 Å². The Balaban J connectivity index is 2.32. The van der Waals surface area contributed by atoms with Crippen LogP contribution in [-0.4, -0.2) is 24.7 Å². The first-order valence-electron chi connectivity index (χ1n) is 5.86. The highest BCUT2D eigenvalue weighted by Crippen LogP contribution is 2.21. The van der Waals surface area contributed by atoms with E-state index in [2.05, 4.69) is 20.5 Å². The summed E-state index contributed by atoms with van der Waals surface area (Å²) in [5.41, 5.74) is 7.52. The van der Waals surface area contributed by atoms with E-state index < -0.39 is 0 Å². The lowest BCUT2D eigenvalue weighted by molar-refractivity contribution is 0.716. The van der Waals surface area contributed by atoms with Crippen molar-refractivity contribution in [1.29, 1.82) is 0 Å². The zero-order valence-electron chi connectivity index (χ0n) is 11.1. The summed E-state index contributed by atoms with van der Waals surface area (Å²) in [6.45, 7) is 3.94. The molecule has 0 fully saturated rings. The number of thiocarbonyl (C=S) groups is 1. The standard InChI is InChI=1S/C12H16N6S/c1-7-4-5-14-11(9(7)10(13)19)16-8(2)12-17-15-6-18(12)3/h4-6,8H,1-3H3,(H2,13,19)(H,14,16). The fourth-order valence-corrected chi connectivity index (χ4v) is 2.19. The number of aromatic nitrogens is 4. The number of rotatable bonds is 4. The van der Waals surface area contributed by atoms with Crippen LogP contribution in [0.1, 0.15) is 29.9 Å². The first-order chi connectivity index (χ1) is 9.00. The normalized spacial score (nSPS) is 12.2. The number of nitrogens with two attached hydrogens (primary N) is 1. The second-order valence-corrected chi connectivity index (χ2v) is 4.82. The highest BCUT2D eigenvalue weighted by Gasteiger charge is 2.16. The Bertz CT molecular complexity index is 606. The van der Waals surface area contributed by atoms with Crippen molar-refractivity contribution >= 4 is 23.0 Å². The van der Waals surface area contributed by atoms with E-state index in [9.17, 15) is 0 Å². The summed E-state index contributed by atoms with van der Waals surface area (Å²) >= 11 is 5.08. The van der Waals surface area contributed by atoms with Gasteiger partial charge < -0.3 is 15.6 Å². The van der Waals surface area contributed by atoms with Crippen LogP contribution in [0.15, 0.2) is 18.6 Å². The zero-order valence-corrected chi connectivity index (χ0v) is 11.9. The molecule has 0 aromatic carbocycles. The van der Waals surface area contributed by atoms with Crippen molar-refractivity contribution in [3.05, 3.63) is 35.5 Å². The summed E-state index contributed by atoms with van der Waals surface area (Å²) in [5, 5.41) is 11.2. The van der Waals surface area contributed by atoms with Crippen LogP contribution in [0.5, 0.6) is 0 Å². The molecule has 0 aliphatic carbocycles. The third-order valence-electron chi connectivity index (χ3n) is 2.89. The molecule has 1 atom stereocenters. The third-order valence-corrected chi connectivity index (χ3v) is 3.10. The second kappa shape index (κ2) is 5.31. The van der Waals surface area contributed by atoms with Crippen LogP contribution in [-0.2, 0) is 7.05 Å². The monoisotopic (exact) mass is 276 g/mol. The first-order valence-corrected chi connectivity index (χ1v) is 6.27. The van der Waals surface area contributed by atoms with Crippen molar-refractivity contribution < 1.29 is 0 Å². The van der Waals surface area contributed by atoms with Gasteiger partial charge in [-0.2, -0.15) is 0 Å². The average molecular weight is 276 g/mol. The highest BCUT2D eigenvalue weighted by atomic mass is 32.1. The molecule has 19 heavy (non-hydrogen) atoms. The summed E-state index contributed by atoms with van der Waals surface area (Å²) in [4.78, 5) is 4.64. The van der Waals surface area contributed by atoms with E-state index in [1.54, 1.807) is 12.5 Å². The van der Waals surface area contributed by atoms with Gasteiger partial charge in [0.2, 0.25) is 0 Å². The van der Waals surface area contributed by atoms with E-state index in [0.29, 0.717) is 10.8 Å². The zero-order chi connectivity index (χ0) is 14.0. The van der Waals surface area contributed by atoms with Gasteiger partial charge in [0.25, 0.3) is 0 Å². The Morgan fingerprint density at radius 2 is 2.26 bits per heavy atom. The number of nitrogens with zero attached hydrogens (tertiary/aromatic N) is 4. The minimum Gasteiger partial charge on any atom is -0.389 e. The van der Waals surface area contributed by atoms with Gasteiger partial charge in [0, 0.05) is 13.2 Å². The van der Waals surface area contributed by atoms with Crippen molar-refractivity contribution in [3.63, 3.8) is 0 Å². The van der Waals surface area contributed by atoms with Gasteiger partial charge in [-0.05, 0) is 25.5 Å². The number of aryl methyl sites for hydroxylation is 2. The van der Waals surface area contributed by atoms with Gasteiger partial charge in [-0.1, -0.05) is 12.2 Å². The van der Waals surface area contributed by atoms with E-state index in [1.807, 2.05) is 31.5 Å². The molecule has 0 radical (unpaired) electrons. The highest BCUT2D eigenvalue weighted by molar-refractivity contribution is 7.80. The number of nitrogens with one attached hydrogen (secondary N) is 1. The fourth-order valence-electron chi connectivity index (χ4n) is 1.93. The lowest BCUT2D eigenvalue weighted by Crippen LogP contribution is -2.19. The Morgan fingerprint density at radius 1 is 1.53 bits per heavy atom. The van der Waals surface area contributed by atoms with Crippen molar-refractivity contribution in [2.24, 2.45) is 12.8 Å². The maximum absolute atomic E-state index is 5.76. The van der Waals surface area contributed by atoms with E-state index in [0.717, 1.165) is 17.0 Å². The first kappa shape index (κ1) is 13.4. The Hall–Kier alpha value is -2.02. The van der Waals surface area contributed by atoms with E-state index in [4.69, 9.17) is 18.0 Å². The molecule has 7 heteroatoms. The van der Waals surface area contributed by atoms with Gasteiger partial charge in [0.1, 0.15) is 17.1 Å². The summed E-state index contributed by atoms with van der Waals surface area (Å²) in [6, 6.07) is 1.84.